The Labute approximate surface area is 146 Å². The van der Waals surface area contributed by atoms with Crippen molar-refractivity contribution in [2.24, 2.45) is 0 Å². The Balaban J connectivity index is 1.74. The molecular weight excluding hydrogens is 320 g/mol. The molecule has 7 nitrogen and oxygen atoms in total. The number of carbonyl (C=O) groups excluding carboxylic acids is 3. The number of amides is 4. The maximum absolute atomic E-state index is 12.8. The van der Waals surface area contributed by atoms with Gasteiger partial charge in [0.15, 0.2) is 0 Å². The number of rotatable bonds is 3. The fourth-order valence-electron chi connectivity index (χ4n) is 3.52. The zero-order valence-corrected chi connectivity index (χ0v) is 14.0. The highest BCUT2D eigenvalue weighted by Crippen LogP contribution is 2.34. The lowest BCUT2D eigenvalue weighted by atomic mass is 9.81. The Morgan fingerprint density at radius 3 is 2.72 bits per heavy atom. The Kier molecular flexibility index (Phi) is 4.45. The predicted molar refractivity (Wildman–Crippen MR) is 90.4 cm³/mol. The van der Waals surface area contributed by atoms with Gasteiger partial charge < -0.3 is 10.6 Å². The standard InChI is InChI=1S/C18H20N4O3/c1-12(15(23)20-14-7-5-6-13(10-14)11-19)22-16(24)18(21-17(22)25)8-3-2-4-9-18/h5-7,10,12H,2-4,8-9H2,1H3,(H,20,23)(H,21,25)/t12-/m1/s1. The van der Waals surface area contributed by atoms with E-state index in [1.54, 1.807) is 24.3 Å². The van der Waals surface area contributed by atoms with Crippen molar-refractivity contribution in [2.75, 3.05) is 5.32 Å². The maximum atomic E-state index is 12.8. The summed E-state index contributed by atoms with van der Waals surface area (Å²) in [6.07, 6.45) is 4.07. The third kappa shape index (κ3) is 3.07. The molecule has 0 aromatic heterocycles. The molecule has 0 radical (unpaired) electrons. The summed E-state index contributed by atoms with van der Waals surface area (Å²) in [6.45, 7) is 1.53. The molecule has 2 N–H and O–H groups in total. The summed E-state index contributed by atoms with van der Waals surface area (Å²) >= 11 is 0. The van der Waals surface area contributed by atoms with Crippen LogP contribution in [0.2, 0.25) is 0 Å². The first-order chi connectivity index (χ1) is 12.0. The van der Waals surface area contributed by atoms with Crippen molar-refractivity contribution in [3.63, 3.8) is 0 Å². The van der Waals surface area contributed by atoms with Crippen molar-refractivity contribution in [1.82, 2.24) is 10.2 Å². The molecule has 1 aromatic rings. The number of nitriles is 1. The Hall–Kier alpha value is -2.88. The minimum atomic E-state index is -0.931. The number of urea groups is 1. The molecule has 1 aliphatic carbocycles. The topological polar surface area (TPSA) is 102 Å². The summed E-state index contributed by atoms with van der Waals surface area (Å²) in [5, 5.41) is 14.4. The molecule has 0 bridgehead atoms. The Bertz CT molecular complexity index is 762. The average molecular weight is 340 g/mol. The van der Waals surface area contributed by atoms with Crippen molar-refractivity contribution in [3.05, 3.63) is 29.8 Å². The van der Waals surface area contributed by atoms with E-state index in [0.29, 0.717) is 24.1 Å². The molecule has 130 valence electrons. The van der Waals surface area contributed by atoms with E-state index in [9.17, 15) is 14.4 Å². The van der Waals surface area contributed by atoms with E-state index in [4.69, 9.17) is 5.26 Å². The average Bonchev–Trinajstić information content (AvgIpc) is 2.85. The minimum Gasteiger partial charge on any atom is -0.324 e. The number of hydrogen-bond acceptors (Lipinski definition) is 4. The SMILES string of the molecule is C[C@H](C(=O)Nc1cccc(C#N)c1)N1C(=O)NC2(CCCCC2)C1=O. The first kappa shape index (κ1) is 17.0. The van der Waals surface area contributed by atoms with Crippen LogP contribution < -0.4 is 10.6 Å². The fourth-order valence-corrected chi connectivity index (χ4v) is 3.52. The zero-order chi connectivity index (χ0) is 18.0. The molecule has 1 heterocycles. The summed E-state index contributed by atoms with van der Waals surface area (Å²) in [4.78, 5) is 38.7. The van der Waals surface area contributed by atoms with Crippen LogP contribution in [0.1, 0.15) is 44.6 Å². The van der Waals surface area contributed by atoms with Gasteiger partial charge >= 0.3 is 6.03 Å². The van der Waals surface area contributed by atoms with Crippen LogP contribution in [0.15, 0.2) is 24.3 Å². The molecule has 7 heteroatoms. The van der Waals surface area contributed by atoms with E-state index in [-0.39, 0.29) is 5.91 Å². The lowest BCUT2D eigenvalue weighted by Gasteiger charge is -2.31. The summed E-state index contributed by atoms with van der Waals surface area (Å²) in [5.41, 5.74) is 0.0295. The van der Waals surface area contributed by atoms with Gasteiger partial charge in [-0.15, -0.1) is 0 Å². The third-order valence-corrected chi connectivity index (χ3v) is 4.93. The van der Waals surface area contributed by atoms with E-state index in [0.717, 1.165) is 24.2 Å². The Morgan fingerprint density at radius 2 is 2.04 bits per heavy atom. The molecular formula is C18H20N4O3. The minimum absolute atomic E-state index is 0.314. The van der Waals surface area contributed by atoms with Gasteiger partial charge in [-0.1, -0.05) is 25.3 Å². The summed E-state index contributed by atoms with van der Waals surface area (Å²) in [6, 6.07) is 7.03. The maximum Gasteiger partial charge on any atom is 0.325 e. The molecule has 1 atom stereocenters. The van der Waals surface area contributed by atoms with Crippen molar-refractivity contribution in [2.45, 2.75) is 50.6 Å². The van der Waals surface area contributed by atoms with Crippen LogP contribution in [0, 0.1) is 11.3 Å². The number of benzene rings is 1. The summed E-state index contributed by atoms with van der Waals surface area (Å²) in [5.74, 6) is -0.780. The first-order valence-electron chi connectivity index (χ1n) is 8.44. The van der Waals surface area contributed by atoms with E-state index in [1.165, 1.54) is 6.92 Å². The highest BCUT2D eigenvalue weighted by molar-refractivity contribution is 6.11. The highest BCUT2D eigenvalue weighted by atomic mass is 16.2. The molecule has 25 heavy (non-hydrogen) atoms. The molecule has 4 amide bonds. The highest BCUT2D eigenvalue weighted by Gasteiger charge is 2.53. The Morgan fingerprint density at radius 1 is 1.32 bits per heavy atom. The molecule has 1 aliphatic heterocycles. The number of hydrogen-bond donors (Lipinski definition) is 2. The van der Waals surface area contributed by atoms with Crippen LogP contribution in [0.4, 0.5) is 10.5 Å². The summed E-state index contributed by atoms with van der Waals surface area (Å²) in [7, 11) is 0. The first-order valence-corrected chi connectivity index (χ1v) is 8.44. The second-order valence-electron chi connectivity index (χ2n) is 6.61. The van der Waals surface area contributed by atoms with Gasteiger partial charge in [0, 0.05) is 5.69 Å². The van der Waals surface area contributed by atoms with Crippen LogP contribution in [0.5, 0.6) is 0 Å². The van der Waals surface area contributed by atoms with Crippen molar-refractivity contribution >= 4 is 23.5 Å². The van der Waals surface area contributed by atoms with E-state index in [1.807, 2.05) is 6.07 Å². The lowest BCUT2D eigenvalue weighted by molar-refractivity contribution is -0.137. The van der Waals surface area contributed by atoms with E-state index >= 15 is 0 Å². The van der Waals surface area contributed by atoms with Gasteiger partial charge in [0.2, 0.25) is 5.91 Å². The van der Waals surface area contributed by atoms with Gasteiger partial charge in [-0.3, -0.25) is 9.59 Å². The molecule has 0 unspecified atom stereocenters. The molecule has 1 spiro atoms. The van der Waals surface area contributed by atoms with Gasteiger partial charge in [-0.2, -0.15) is 5.26 Å². The van der Waals surface area contributed by atoms with E-state index in [2.05, 4.69) is 10.6 Å². The normalized spacial score (nSPS) is 20.1. The summed E-state index contributed by atoms with van der Waals surface area (Å²) < 4.78 is 0. The van der Waals surface area contributed by atoms with Crippen molar-refractivity contribution in [3.8, 4) is 6.07 Å². The molecule has 2 fully saturated rings. The number of nitrogens with zero attached hydrogens (tertiary/aromatic N) is 2. The van der Waals surface area contributed by atoms with Crippen molar-refractivity contribution in [1.29, 1.82) is 5.26 Å². The zero-order valence-electron chi connectivity index (χ0n) is 14.0. The van der Waals surface area contributed by atoms with Crippen LogP contribution >= 0.6 is 0 Å². The quantitative estimate of drug-likeness (QED) is 0.823. The van der Waals surface area contributed by atoms with Gasteiger partial charge in [0.05, 0.1) is 11.6 Å². The van der Waals surface area contributed by atoms with Crippen molar-refractivity contribution < 1.29 is 14.4 Å². The second-order valence-corrected chi connectivity index (χ2v) is 6.61. The number of imide groups is 1. The van der Waals surface area contributed by atoms with Gasteiger partial charge in [-0.05, 0) is 38.0 Å². The smallest absolute Gasteiger partial charge is 0.324 e. The third-order valence-electron chi connectivity index (χ3n) is 4.93. The predicted octanol–water partition coefficient (Wildman–Crippen LogP) is 2.14. The number of nitrogens with one attached hydrogen (secondary N) is 2. The number of carbonyl (C=O) groups is 3. The van der Waals surface area contributed by atoms with Gasteiger partial charge in [0.25, 0.3) is 5.91 Å². The fraction of sp³-hybridized carbons (Fsp3) is 0.444. The second kappa shape index (κ2) is 6.55. The lowest BCUT2D eigenvalue weighted by Crippen LogP contribution is -2.50. The molecule has 2 aliphatic rings. The van der Waals surface area contributed by atoms with Gasteiger partial charge in [-0.25, -0.2) is 9.69 Å². The van der Waals surface area contributed by atoms with Crippen LogP contribution in [-0.4, -0.2) is 34.3 Å². The molecule has 1 saturated heterocycles. The monoisotopic (exact) mass is 340 g/mol. The van der Waals surface area contributed by atoms with Crippen LogP contribution in [0.3, 0.4) is 0 Å². The number of anilines is 1. The van der Waals surface area contributed by atoms with E-state index < -0.39 is 23.5 Å². The molecule has 1 aromatic carbocycles. The van der Waals surface area contributed by atoms with Gasteiger partial charge in [0.1, 0.15) is 11.6 Å². The molecule has 3 rings (SSSR count). The van der Waals surface area contributed by atoms with Crippen LogP contribution in [-0.2, 0) is 9.59 Å². The van der Waals surface area contributed by atoms with Crippen LogP contribution in [0.25, 0.3) is 0 Å². The largest absolute Gasteiger partial charge is 0.325 e. The molecule has 1 saturated carbocycles.